The summed E-state index contributed by atoms with van der Waals surface area (Å²) in [6.07, 6.45) is 0. The standard InChI is InChI=1S/C65H41NO/c1-3-16-42(17-4-1)44-30-35-48(36-31-44)66(49-37-32-45(33-38-49)43-18-5-2-6-19-43)60-28-15-29-61-63(60)55-40-46-20-7-8-21-50(46)62(64(55)67-61)47-34-39-54-53-24-11-14-27-58(53)65(59(54)41-47)56-25-12-9-22-51(56)52-23-10-13-26-57(52)65/h1-41H. The molecule has 0 N–H and O–H groups in total. The van der Waals surface area contributed by atoms with Gasteiger partial charge in [-0.3, -0.25) is 0 Å². The molecule has 12 aromatic rings. The summed E-state index contributed by atoms with van der Waals surface area (Å²) in [7, 11) is 0. The average Bonchev–Trinajstić information content (AvgIpc) is 4.03. The molecule has 1 heterocycles. The monoisotopic (exact) mass is 851 g/mol. The maximum absolute atomic E-state index is 7.25. The van der Waals surface area contributed by atoms with Crippen LogP contribution in [0.3, 0.4) is 0 Å². The molecule has 0 radical (unpaired) electrons. The second-order valence-electron chi connectivity index (χ2n) is 17.9. The van der Waals surface area contributed by atoms with Gasteiger partial charge in [0.2, 0.25) is 0 Å². The van der Waals surface area contributed by atoms with Crippen LogP contribution in [0.2, 0.25) is 0 Å². The van der Waals surface area contributed by atoms with Gasteiger partial charge in [0, 0.05) is 22.3 Å². The SMILES string of the molecule is c1ccc(-c2ccc(N(c3ccc(-c4ccccc4)cc3)c3cccc4oc5c(-c6ccc7c(c6)C6(c8ccccc8-c8ccccc86)c6ccccc6-7)c6ccccc6cc5c34)cc2)cc1. The molecule has 11 aromatic carbocycles. The molecule has 1 aromatic heterocycles. The van der Waals surface area contributed by atoms with Crippen molar-refractivity contribution >= 4 is 49.8 Å². The van der Waals surface area contributed by atoms with E-state index in [-0.39, 0.29) is 0 Å². The van der Waals surface area contributed by atoms with E-state index in [2.05, 4.69) is 254 Å². The molecule has 0 atom stereocenters. The zero-order valence-electron chi connectivity index (χ0n) is 36.5. The van der Waals surface area contributed by atoms with Crippen molar-refractivity contribution in [1.82, 2.24) is 0 Å². The topological polar surface area (TPSA) is 16.4 Å². The number of anilines is 3. The molecule has 2 aliphatic rings. The van der Waals surface area contributed by atoms with Crippen LogP contribution in [0.15, 0.2) is 253 Å². The minimum atomic E-state index is -0.452. The zero-order valence-corrected chi connectivity index (χ0v) is 36.5. The molecule has 0 fully saturated rings. The van der Waals surface area contributed by atoms with Gasteiger partial charge in [-0.15, -0.1) is 0 Å². The normalized spacial score (nSPS) is 12.9. The van der Waals surface area contributed by atoms with Gasteiger partial charge in [0.25, 0.3) is 0 Å². The lowest BCUT2D eigenvalue weighted by Crippen LogP contribution is -2.25. The van der Waals surface area contributed by atoms with Gasteiger partial charge in [-0.1, -0.05) is 200 Å². The maximum Gasteiger partial charge on any atom is 0.143 e. The highest BCUT2D eigenvalue weighted by Gasteiger charge is 2.51. The summed E-state index contributed by atoms with van der Waals surface area (Å²) in [5, 5.41) is 4.49. The van der Waals surface area contributed by atoms with Crippen molar-refractivity contribution in [1.29, 1.82) is 0 Å². The van der Waals surface area contributed by atoms with Crippen LogP contribution in [-0.2, 0) is 5.41 Å². The molecule has 2 nitrogen and oxygen atoms in total. The van der Waals surface area contributed by atoms with E-state index in [9.17, 15) is 0 Å². The van der Waals surface area contributed by atoms with Gasteiger partial charge in [-0.2, -0.15) is 0 Å². The second kappa shape index (κ2) is 14.7. The predicted octanol–water partition coefficient (Wildman–Crippen LogP) is 17.6. The van der Waals surface area contributed by atoms with E-state index in [4.69, 9.17) is 4.42 Å². The minimum absolute atomic E-state index is 0.452. The Morgan fingerprint density at radius 2 is 0.806 bits per heavy atom. The van der Waals surface area contributed by atoms with Crippen molar-refractivity contribution in [2.75, 3.05) is 4.90 Å². The Kier molecular flexibility index (Phi) is 8.23. The molecule has 0 saturated heterocycles. The molecule has 67 heavy (non-hydrogen) atoms. The van der Waals surface area contributed by atoms with Gasteiger partial charge >= 0.3 is 0 Å². The van der Waals surface area contributed by atoms with Crippen LogP contribution < -0.4 is 4.90 Å². The van der Waals surface area contributed by atoms with Crippen LogP contribution >= 0.6 is 0 Å². The Balaban J connectivity index is 1.00. The molecule has 0 aliphatic heterocycles. The first-order valence-electron chi connectivity index (χ1n) is 23.2. The molecule has 0 unspecified atom stereocenters. The highest BCUT2D eigenvalue weighted by molar-refractivity contribution is 6.22. The first-order valence-corrected chi connectivity index (χ1v) is 23.2. The summed E-state index contributed by atoms with van der Waals surface area (Å²) < 4.78 is 7.25. The van der Waals surface area contributed by atoms with Crippen molar-refractivity contribution in [3.8, 4) is 55.6 Å². The van der Waals surface area contributed by atoms with Crippen LogP contribution in [0.25, 0.3) is 88.3 Å². The van der Waals surface area contributed by atoms with E-state index in [0.29, 0.717) is 0 Å². The Hall–Kier alpha value is -8.72. The van der Waals surface area contributed by atoms with E-state index in [1.807, 2.05) is 0 Å². The molecule has 0 saturated carbocycles. The van der Waals surface area contributed by atoms with E-state index in [1.54, 1.807) is 0 Å². The summed E-state index contributed by atoms with van der Waals surface area (Å²) in [6, 6.07) is 91.0. The fourth-order valence-electron chi connectivity index (χ4n) is 11.6. The number of rotatable bonds is 6. The second-order valence-corrected chi connectivity index (χ2v) is 17.9. The first-order chi connectivity index (χ1) is 33.2. The molecule has 2 heteroatoms. The Labute approximate surface area is 389 Å². The zero-order chi connectivity index (χ0) is 44.1. The van der Waals surface area contributed by atoms with Crippen molar-refractivity contribution in [3.63, 3.8) is 0 Å². The Morgan fingerprint density at radius 1 is 0.328 bits per heavy atom. The molecular weight excluding hydrogens is 811 g/mol. The van der Waals surface area contributed by atoms with Gasteiger partial charge in [-0.25, -0.2) is 0 Å². The number of nitrogens with zero attached hydrogens (tertiary/aromatic N) is 1. The fourth-order valence-corrected chi connectivity index (χ4v) is 11.6. The smallest absolute Gasteiger partial charge is 0.143 e. The largest absolute Gasteiger partial charge is 0.455 e. The van der Waals surface area contributed by atoms with Crippen LogP contribution in [0, 0.1) is 0 Å². The number of benzene rings is 11. The summed E-state index contributed by atoms with van der Waals surface area (Å²) in [5.41, 5.74) is 22.0. The first kappa shape index (κ1) is 37.6. The third kappa shape index (κ3) is 5.51. The lowest BCUT2D eigenvalue weighted by Gasteiger charge is -2.30. The van der Waals surface area contributed by atoms with E-state index >= 15 is 0 Å². The molecule has 2 aliphatic carbocycles. The predicted molar refractivity (Wildman–Crippen MR) is 279 cm³/mol. The molecule has 0 amide bonds. The van der Waals surface area contributed by atoms with E-state index in [1.165, 1.54) is 72.1 Å². The van der Waals surface area contributed by atoms with Crippen molar-refractivity contribution in [2.45, 2.75) is 5.41 Å². The molecule has 312 valence electrons. The summed E-state index contributed by atoms with van der Waals surface area (Å²) >= 11 is 0. The molecule has 14 rings (SSSR count). The molecule has 1 spiro atoms. The third-order valence-electron chi connectivity index (χ3n) is 14.5. The summed E-state index contributed by atoms with van der Waals surface area (Å²) in [4.78, 5) is 2.39. The maximum atomic E-state index is 7.25. The van der Waals surface area contributed by atoms with Crippen molar-refractivity contribution < 1.29 is 4.42 Å². The minimum Gasteiger partial charge on any atom is -0.455 e. The van der Waals surface area contributed by atoms with Crippen molar-refractivity contribution in [2.24, 2.45) is 0 Å². The van der Waals surface area contributed by atoms with Crippen LogP contribution in [0.4, 0.5) is 17.1 Å². The van der Waals surface area contributed by atoms with Gasteiger partial charge in [-0.05, 0) is 132 Å². The molecule has 0 bridgehead atoms. The van der Waals surface area contributed by atoms with Crippen molar-refractivity contribution in [3.05, 3.63) is 271 Å². The Bertz CT molecular complexity index is 3760. The van der Waals surface area contributed by atoms with E-state index < -0.39 is 5.41 Å². The fraction of sp³-hybridized carbons (Fsp3) is 0.0154. The Morgan fingerprint density at radius 3 is 1.39 bits per heavy atom. The summed E-state index contributed by atoms with van der Waals surface area (Å²) in [5.74, 6) is 0. The van der Waals surface area contributed by atoms with Gasteiger partial charge < -0.3 is 9.32 Å². The lowest BCUT2D eigenvalue weighted by molar-refractivity contribution is 0.670. The van der Waals surface area contributed by atoms with Gasteiger partial charge in [0.1, 0.15) is 11.2 Å². The van der Waals surface area contributed by atoms with Crippen LogP contribution in [-0.4, -0.2) is 0 Å². The molecular formula is C65H41NO. The van der Waals surface area contributed by atoms with Gasteiger partial charge in [0.05, 0.1) is 16.5 Å². The quantitative estimate of drug-likeness (QED) is 0.166. The van der Waals surface area contributed by atoms with E-state index in [0.717, 1.165) is 55.5 Å². The van der Waals surface area contributed by atoms with Gasteiger partial charge in [0.15, 0.2) is 0 Å². The number of fused-ring (bicyclic) bond motifs is 14. The number of hydrogen-bond donors (Lipinski definition) is 0. The number of furan rings is 1. The third-order valence-corrected chi connectivity index (χ3v) is 14.5. The lowest BCUT2D eigenvalue weighted by atomic mass is 9.70. The highest BCUT2D eigenvalue weighted by atomic mass is 16.3. The number of hydrogen-bond acceptors (Lipinski definition) is 2. The average molecular weight is 852 g/mol. The summed E-state index contributed by atoms with van der Waals surface area (Å²) in [6.45, 7) is 0. The van der Waals surface area contributed by atoms with Crippen LogP contribution in [0.5, 0.6) is 0 Å². The highest BCUT2D eigenvalue weighted by Crippen LogP contribution is 2.63. The van der Waals surface area contributed by atoms with Crippen LogP contribution in [0.1, 0.15) is 22.3 Å².